The molecule has 1 N–H and O–H groups in total. The number of carbonyl (C=O) groups is 1. The van der Waals surface area contributed by atoms with Crippen LogP contribution in [0.5, 0.6) is 0 Å². The molecule has 1 amide bonds. The zero-order valence-corrected chi connectivity index (χ0v) is 17.9. The minimum Gasteiger partial charge on any atom is -0.349 e. The molecule has 2 heterocycles. The molecule has 3 fully saturated rings. The Balaban J connectivity index is 1.24. The Hall–Kier alpha value is -2.19. The van der Waals surface area contributed by atoms with Gasteiger partial charge in [0.25, 0.3) is 0 Å². The predicted molar refractivity (Wildman–Crippen MR) is 109 cm³/mol. The summed E-state index contributed by atoms with van der Waals surface area (Å²) < 4.78 is 54.6. The number of nitrogens with zero attached hydrogens (tertiary/aromatic N) is 3. The molecule has 9 heteroatoms. The molecule has 32 heavy (non-hydrogen) atoms. The highest BCUT2D eigenvalue weighted by molar-refractivity contribution is 5.77. The normalized spacial score (nSPS) is 24.2. The van der Waals surface area contributed by atoms with E-state index < -0.39 is 11.8 Å². The van der Waals surface area contributed by atoms with Gasteiger partial charge in [0.2, 0.25) is 17.8 Å². The van der Waals surface area contributed by atoms with Gasteiger partial charge in [-0.2, -0.15) is 5.10 Å². The molecule has 0 unspecified atom stereocenters. The summed E-state index contributed by atoms with van der Waals surface area (Å²) in [5, 5.41) is 7.48. The van der Waals surface area contributed by atoms with Crippen LogP contribution in [0, 0.1) is 17.8 Å². The van der Waals surface area contributed by atoms with Crippen molar-refractivity contribution in [3.63, 3.8) is 0 Å². The number of carbonyl (C=O) groups excluding carboxylic acids is 1. The van der Waals surface area contributed by atoms with Gasteiger partial charge in [0, 0.05) is 32.1 Å². The number of fused-ring (bicyclic) bond motifs is 1. The first-order chi connectivity index (χ1) is 15.2. The molecule has 0 aliphatic heterocycles. The van der Waals surface area contributed by atoms with Gasteiger partial charge in [-0.25, -0.2) is 27.1 Å². The number of rotatable bonds is 7. The largest absolute Gasteiger partial charge is 0.349 e. The molecule has 0 bridgehead atoms. The van der Waals surface area contributed by atoms with Crippen molar-refractivity contribution < 1.29 is 22.4 Å². The highest BCUT2D eigenvalue weighted by Crippen LogP contribution is 2.45. The lowest BCUT2D eigenvalue weighted by molar-refractivity contribution is -0.134. The minimum absolute atomic E-state index is 0.0608. The molecule has 0 aromatic carbocycles. The van der Waals surface area contributed by atoms with E-state index in [4.69, 9.17) is 0 Å². The summed E-state index contributed by atoms with van der Waals surface area (Å²) >= 11 is 0. The summed E-state index contributed by atoms with van der Waals surface area (Å²) in [7, 11) is 0. The van der Waals surface area contributed by atoms with Gasteiger partial charge in [0.05, 0.1) is 24.1 Å². The minimum atomic E-state index is -2.62. The Bertz CT molecular complexity index is 985. The molecule has 3 aliphatic rings. The van der Waals surface area contributed by atoms with Crippen molar-refractivity contribution in [2.45, 2.75) is 82.1 Å². The number of hydrogen-bond donors (Lipinski definition) is 1. The molecule has 174 valence electrons. The van der Waals surface area contributed by atoms with Crippen molar-refractivity contribution in [2.75, 3.05) is 0 Å². The van der Waals surface area contributed by atoms with Gasteiger partial charge in [-0.05, 0) is 61.5 Å². The molecule has 3 saturated carbocycles. The predicted octanol–water partition coefficient (Wildman–Crippen LogP) is 5.10. The maximum atomic E-state index is 13.4. The van der Waals surface area contributed by atoms with Gasteiger partial charge in [0.1, 0.15) is 0 Å². The second-order valence-corrected chi connectivity index (χ2v) is 10.0. The number of aromatic nitrogens is 3. The second kappa shape index (κ2) is 7.99. The first-order valence-electron chi connectivity index (χ1n) is 11.5. The van der Waals surface area contributed by atoms with Crippen LogP contribution >= 0.6 is 0 Å². The first kappa shape index (κ1) is 21.6. The third-order valence-corrected chi connectivity index (χ3v) is 7.14. The van der Waals surface area contributed by atoms with Crippen molar-refractivity contribution in [2.24, 2.45) is 17.8 Å². The summed E-state index contributed by atoms with van der Waals surface area (Å²) in [5.74, 6) is -5.07. The summed E-state index contributed by atoms with van der Waals surface area (Å²) in [6.45, 7) is 0. The van der Waals surface area contributed by atoms with Gasteiger partial charge in [-0.1, -0.05) is 0 Å². The third-order valence-electron chi connectivity index (χ3n) is 7.14. The molecule has 5 nitrogen and oxygen atoms in total. The average molecular weight is 452 g/mol. The zero-order valence-electron chi connectivity index (χ0n) is 17.9. The quantitative estimate of drug-likeness (QED) is 0.595. The average Bonchev–Trinajstić information content (AvgIpc) is 3.45. The van der Waals surface area contributed by atoms with Crippen LogP contribution in [0.1, 0.15) is 75.1 Å². The molecular weight excluding hydrogens is 424 g/mol. The van der Waals surface area contributed by atoms with Gasteiger partial charge in [0.15, 0.2) is 5.65 Å². The lowest BCUT2D eigenvalue weighted by Gasteiger charge is -2.34. The van der Waals surface area contributed by atoms with Crippen LogP contribution in [0.25, 0.3) is 5.65 Å². The number of alkyl halides is 4. The zero-order chi connectivity index (χ0) is 22.5. The fraction of sp³-hybridized carbons (Fsp3) is 0.696. The molecule has 0 radical (unpaired) electrons. The van der Waals surface area contributed by atoms with Gasteiger partial charge < -0.3 is 5.32 Å². The van der Waals surface area contributed by atoms with Crippen LogP contribution in [-0.2, 0) is 11.2 Å². The van der Waals surface area contributed by atoms with Crippen molar-refractivity contribution in [1.29, 1.82) is 0 Å². The summed E-state index contributed by atoms with van der Waals surface area (Å²) in [6.07, 6.45) is 6.82. The molecule has 2 aromatic heterocycles. The number of nitrogens with one attached hydrogen (secondary N) is 1. The second-order valence-electron chi connectivity index (χ2n) is 10.0. The highest BCUT2D eigenvalue weighted by atomic mass is 19.3. The molecule has 5 rings (SSSR count). The van der Waals surface area contributed by atoms with Crippen molar-refractivity contribution in [1.82, 2.24) is 19.9 Å². The maximum absolute atomic E-state index is 13.4. The Labute approximate surface area is 184 Å². The number of imidazole rings is 1. The van der Waals surface area contributed by atoms with E-state index >= 15 is 0 Å². The smallest absolute Gasteiger partial charge is 0.248 e. The van der Waals surface area contributed by atoms with E-state index in [0.717, 1.165) is 24.1 Å². The molecule has 0 spiro atoms. The van der Waals surface area contributed by atoms with Crippen LogP contribution in [0.4, 0.5) is 17.6 Å². The maximum Gasteiger partial charge on any atom is 0.248 e. The van der Waals surface area contributed by atoms with Crippen LogP contribution in [0.2, 0.25) is 0 Å². The van der Waals surface area contributed by atoms with Crippen LogP contribution in [0.15, 0.2) is 18.5 Å². The standard InChI is InChI=1S/C23H28F4N4O/c24-22(25)5-3-14(4-6-22)7-18-13-31-19(29-18)9-17(12-28-31)21(16-1-2-16)30-20(32)8-15-10-23(26,27)11-15/h9,12-16,21H,1-8,10-11H2,(H,30,32)/t21-/m1/s1. The van der Waals surface area contributed by atoms with E-state index in [-0.39, 0.29) is 55.9 Å². The van der Waals surface area contributed by atoms with Crippen molar-refractivity contribution in [3.05, 3.63) is 29.7 Å². The topological polar surface area (TPSA) is 59.3 Å². The van der Waals surface area contributed by atoms with E-state index in [2.05, 4.69) is 15.4 Å². The molecule has 1 atom stereocenters. The molecule has 2 aromatic rings. The number of amides is 1. The fourth-order valence-corrected chi connectivity index (χ4v) is 5.14. The molecule has 0 saturated heterocycles. The Kier molecular flexibility index (Phi) is 5.40. The van der Waals surface area contributed by atoms with E-state index in [1.807, 2.05) is 12.3 Å². The van der Waals surface area contributed by atoms with E-state index in [1.54, 1.807) is 10.7 Å². The molecular formula is C23H28F4N4O. The third kappa shape index (κ3) is 4.91. The lowest BCUT2D eigenvalue weighted by atomic mass is 9.79. The Morgan fingerprint density at radius 3 is 2.47 bits per heavy atom. The fourth-order valence-electron chi connectivity index (χ4n) is 5.14. The number of hydrogen-bond acceptors (Lipinski definition) is 3. The monoisotopic (exact) mass is 452 g/mol. The number of halogens is 4. The van der Waals surface area contributed by atoms with Crippen LogP contribution < -0.4 is 5.32 Å². The SMILES string of the molecule is O=C(CC1CC(F)(F)C1)N[C@@H](c1cnn2cc(CC3CCC(F)(F)CC3)nc2c1)C1CC1. The molecule has 3 aliphatic carbocycles. The first-order valence-corrected chi connectivity index (χ1v) is 11.5. The van der Waals surface area contributed by atoms with Gasteiger partial charge in [-0.3, -0.25) is 4.79 Å². The van der Waals surface area contributed by atoms with Crippen LogP contribution in [0.3, 0.4) is 0 Å². The van der Waals surface area contributed by atoms with Crippen molar-refractivity contribution >= 4 is 11.6 Å². The lowest BCUT2D eigenvalue weighted by Crippen LogP contribution is -2.39. The van der Waals surface area contributed by atoms with Crippen LogP contribution in [-0.4, -0.2) is 32.4 Å². The summed E-state index contributed by atoms with van der Waals surface area (Å²) in [4.78, 5) is 17.1. The van der Waals surface area contributed by atoms with Gasteiger partial charge in [-0.15, -0.1) is 0 Å². The Morgan fingerprint density at radius 2 is 1.81 bits per heavy atom. The van der Waals surface area contributed by atoms with Gasteiger partial charge >= 0.3 is 0 Å². The van der Waals surface area contributed by atoms with Crippen molar-refractivity contribution in [3.8, 4) is 0 Å². The van der Waals surface area contributed by atoms with E-state index in [0.29, 0.717) is 30.8 Å². The summed E-state index contributed by atoms with van der Waals surface area (Å²) in [6, 6.07) is 1.72. The van der Waals surface area contributed by atoms with E-state index in [9.17, 15) is 22.4 Å². The summed E-state index contributed by atoms with van der Waals surface area (Å²) in [5.41, 5.74) is 2.36. The highest BCUT2D eigenvalue weighted by Gasteiger charge is 2.46. The van der Waals surface area contributed by atoms with E-state index in [1.165, 1.54) is 0 Å². The Morgan fingerprint density at radius 1 is 1.09 bits per heavy atom.